The van der Waals surface area contributed by atoms with Gasteiger partial charge < -0.3 is 4.90 Å². The van der Waals surface area contributed by atoms with Crippen molar-refractivity contribution >= 4 is 5.91 Å². The average Bonchev–Trinajstić information content (AvgIpc) is 2.76. The third-order valence-electron chi connectivity index (χ3n) is 3.56. The van der Waals surface area contributed by atoms with Crippen molar-refractivity contribution in [3.8, 4) is 0 Å². The first-order valence-corrected chi connectivity index (χ1v) is 6.86. The molecule has 4 nitrogen and oxygen atoms in total. The SMILES string of the molecule is Cc1n[nH]c(C)c1CCC(=O)N(C)Cc1ccccc1. The molecule has 0 bridgehead atoms. The fourth-order valence-corrected chi connectivity index (χ4v) is 2.31. The highest BCUT2D eigenvalue weighted by Gasteiger charge is 2.12. The zero-order valence-electron chi connectivity index (χ0n) is 12.3. The van der Waals surface area contributed by atoms with Crippen LogP contribution in [0.5, 0.6) is 0 Å². The van der Waals surface area contributed by atoms with Crippen LogP contribution in [0.4, 0.5) is 0 Å². The average molecular weight is 271 g/mol. The molecule has 0 spiro atoms. The van der Waals surface area contributed by atoms with Crippen LogP contribution in [0.15, 0.2) is 30.3 Å². The predicted molar refractivity (Wildman–Crippen MR) is 79.3 cm³/mol. The number of H-pyrrole nitrogens is 1. The molecule has 1 amide bonds. The maximum absolute atomic E-state index is 12.2. The zero-order chi connectivity index (χ0) is 14.5. The van der Waals surface area contributed by atoms with Crippen LogP contribution in [0.3, 0.4) is 0 Å². The molecule has 0 unspecified atom stereocenters. The smallest absolute Gasteiger partial charge is 0.222 e. The van der Waals surface area contributed by atoms with E-state index in [0.717, 1.165) is 28.9 Å². The summed E-state index contributed by atoms with van der Waals surface area (Å²) in [5, 5.41) is 7.11. The highest BCUT2D eigenvalue weighted by Crippen LogP contribution is 2.13. The molecule has 0 radical (unpaired) electrons. The summed E-state index contributed by atoms with van der Waals surface area (Å²) < 4.78 is 0. The van der Waals surface area contributed by atoms with E-state index in [9.17, 15) is 4.79 Å². The molecule has 20 heavy (non-hydrogen) atoms. The molecule has 2 rings (SSSR count). The molecule has 1 aromatic heterocycles. The monoisotopic (exact) mass is 271 g/mol. The van der Waals surface area contributed by atoms with Crippen molar-refractivity contribution in [1.29, 1.82) is 0 Å². The Hall–Kier alpha value is -2.10. The van der Waals surface area contributed by atoms with E-state index in [1.807, 2.05) is 51.2 Å². The van der Waals surface area contributed by atoms with Crippen LogP contribution in [0, 0.1) is 13.8 Å². The summed E-state index contributed by atoms with van der Waals surface area (Å²) in [5.41, 5.74) is 4.35. The third-order valence-corrected chi connectivity index (χ3v) is 3.56. The molecule has 2 aromatic rings. The third kappa shape index (κ3) is 3.47. The van der Waals surface area contributed by atoms with Crippen LogP contribution in [-0.2, 0) is 17.8 Å². The van der Waals surface area contributed by atoms with E-state index >= 15 is 0 Å². The summed E-state index contributed by atoms with van der Waals surface area (Å²) in [7, 11) is 1.85. The van der Waals surface area contributed by atoms with E-state index in [1.165, 1.54) is 0 Å². The van der Waals surface area contributed by atoms with Crippen LogP contribution in [-0.4, -0.2) is 28.1 Å². The standard InChI is InChI=1S/C16H21N3O/c1-12-15(13(2)18-17-12)9-10-16(20)19(3)11-14-7-5-4-6-8-14/h4-8H,9-11H2,1-3H3,(H,17,18). The van der Waals surface area contributed by atoms with Gasteiger partial charge in [-0.1, -0.05) is 30.3 Å². The van der Waals surface area contributed by atoms with Crippen molar-refractivity contribution < 1.29 is 4.79 Å². The number of carbonyl (C=O) groups is 1. The molecule has 106 valence electrons. The maximum atomic E-state index is 12.2. The van der Waals surface area contributed by atoms with Crippen LogP contribution < -0.4 is 0 Å². The maximum Gasteiger partial charge on any atom is 0.222 e. The fraction of sp³-hybridized carbons (Fsp3) is 0.375. The summed E-state index contributed by atoms with van der Waals surface area (Å²) in [4.78, 5) is 13.9. The van der Waals surface area contributed by atoms with Gasteiger partial charge in [-0.05, 0) is 31.4 Å². The van der Waals surface area contributed by atoms with Gasteiger partial charge in [0.05, 0.1) is 5.69 Å². The van der Waals surface area contributed by atoms with Crippen LogP contribution in [0.2, 0.25) is 0 Å². The van der Waals surface area contributed by atoms with E-state index in [4.69, 9.17) is 0 Å². The minimum atomic E-state index is 0.161. The first kappa shape index (κ1) is 14.3. The van der Waals surface area contributed by atoms with E-state index in [-0.39, 0.29) is 5.91 Å². The van der Waals surface area contributed by atoms with Gasteiger partial charge in [-0.2, -0.15) is 5.10 Å². The fourth-order valence-electron chi connectivity index (χ4n) is 2.31. The molecule has 0 fully saturated rings. The lowest BCUT2D eigenvalue weighted by molar-refractivity contribution is -0.130. The topological polar surface area (TPSA) is 49.0 Å². The second-order valence-electron chi connectivity index (χ2n) is 5.15. The number of amides is 1. The molecule has 1 heterocycles. The number of carbonyl (C=O) groups excluding carboxylic acids is 1. The Bertz CT molecular complexity index is 555. The lowest BCUT2D eigenvalue weighted by Crippen LogP contribution is -2.26. The Labute approximate surface area is 119 Å². The normalized spacial score (nSPS) is 10.6. The van der Waals surface area contributed by atoms with Crippen molar-refractivity contribution in [2.45, 2.75) is 33.2 Å². The first-order chi connectivity index (χ1) is 9.58. The Kier molecular flexibility index (Phi) is 4.56. The van der Waals surface area contributed by atoms with Gasteiger partial charge in [-0.15, -0.1) is 0 Å². The summed E-state index contributed by atoms with van der Waals surface area (Å²) >= 11 is 0. The van der Waals surface area contributed by atoms with Crippen molar-refractivity contribution in [2.24, 2.45) is 0 Å². The second kappa shape index (κ2) is 6.37. The highest BCUT2D eigenvalue weighted by molar-refractivity contribution is 5.76. The summed E-state index contributed by atoms with van der Waals surface area (Å²) in [6, 6.07) is 10.0. The van der Waals surface area contributed by atoms with E-state index in [1.54, 1.807) is 4.90 Å². The number of rotatable bonds is 5. The Balaban J connectivity index is 1.89. The number of hydrogen-bond donors (Lipinski definition) is 1. The number of hydrogen-bond acceptors (Lipinski definition) is 2. The van der Waals surface area contributed by atoms with Crippen LogP contribution in [0.1, 0.15) is 28.9 Å². The molecule has 1 aromatic carbocycles. The molecular formula is C16H21N3O. The first-order valence-electron chi connectivity index (χ1n) is 6.86. The quantitative estimate of drug-likeness (QED) is 0.908. The molecule has 0 aliphatic rings. The second-order valence-corrected chi connectivity index (χ2v) is 5.15. The van der Waals surface area contributed by atoms with Gasteiger partial charge in [0.2, 0.25) is 5.91 Å². The van der Waals surface area contributed by atoms with Gasteiger partial charge in [0.1, 0.15) is 0 Å². The molecule has 1 N–H and O–H groups in total. The molecular weight excluding hydrogens is 250 g/mol. The Morgan fingerprint density at radius 2 is 1.95 bits per heavy atom. The minimum Gasteiger partial charge on any atom is -0.341 e. The Morgan fingerprint density at radius 1 is 1.25 bits per heavy atom. The van der Waals surface area contributed by atoms with E-state index < -0.39 is 0 Å². The minimum absolute atomic E-state index is 0.161. The van der Waals surface area contributed by atoms with Gasteiger partial charge in [0, 0.05) is 25.7 Å². The molecule has 4 heteroatoms. The zero-order valence-corrected chi connectivity index (χ0v) is 12.3. The van der Waals surface area contributed by atoms with Crippen LogP contribution >= 0.6 is 0 Å². The van der Waals surface area contributed by atoms with Gasteiger partial charge >= 0.3 is 0 Å². The van der Waals surface area contributed by atoms with E-state index in [2.05, 4.69) is 10.2 Å². The number of aromatic nitrogens is 2. The lowest BCUT2D eigenvalue weighted by atomic mass is 10.1. The van der Waals surface area contributed by atoms with Gasteiger partial charge in [0.15, 0.2) is 0 Å². The summed E-state index contributed by atoms with van der Waals surface area (Å²) in [5.74, 6) is 0.161. The molecule has 0 aliphatic carbocycles. The lowest BCUT2D eigenvalue weighted by Gasteiger charge is -2.17. The number of nitrogens with one attached hydrogen (secondary N) is 1. The van der Waals surface area contributed by atoms with Crippen LogP contribution in [0.25, 0.3) is 0 Å². The van der Waals surface area contributed by atoms with E-state index in [0.29, 0.717) is 13.0 Å². The van der Waals surface area contributed by atoms with Gasteiger partial charge in [0.25, 0.3) is 0 Å². The number of nitrogens with zero attached hydrogens (tertiary/aromatic N) is 2. The number of aromatic amines is 1. The Morgan fingerprint density at radius 3 is 2.55 bits per heavy atom. The van der Waals surface area contributed by atoms with Crippen molar-refractivity contribution in [1.82, 2.24) is 15.1 Å². The summed E-state index contributed by atoms with van der Waals surface area (Å²) in [6.45, 7) is 4.62. The largest absolute Gasteiger partial charge is 0.341 e. The molecule has 0 aliphatic heterocycles. The summed E-state index contributed by atoms with van der Waals surface area (Å²) in [6.07, 6.45) is 1.26. The van der Waals surface area contributed by atoms with Crippen molar-refractivity contribution in [3.05, 3.63) is 52.8 Å². The van der Waals surface area contributed by atoms with Gasteiger partial charge in [-0.3, -0.25) is 9.89 Å². The molecule has 0 saturated carbocycles. The molecule has 0 saturated heterocycles. The van der Waals surface area contributed by atoms with Crippen molar-refractivity contribution in [2.75, 3.05) is 7.05 Å². The highest BCUT2D eigenvalue weighted by atomic mass is 16.2. The molecule has 0 atom stereocenters. The van der Waals surface area contributed by atoms with Crippen molar-refractivity contribution in [3.63, 3.8) is 0 Å². The van der Waals surface area contributed by atoms with Gasteiger partial charge in [-0.25, -0.2) is 0 Å². The number of aryl methyl sites for hydroxylation is 2. The number of benzene rings is 1. The predicted octanol–water partition coefficient (Wildman–Crippen LogP) is 2.62.